The number of nitrogens with zero attached hydrogens (tertiary/aromatic N) is 2. The minimum Gasteiger partial charge on any atom is -0.478 e. The molecule has 1 N–H and O–H groups in total. The molecule has 116 valence electrons. The third kappa shape index (κ3) is 2.46. The maximum absolute atomic E-state index is 11.4. The molecular formula is C13H12N2O5S2. The van der Waals surface area contributed by atoms with Crippen molar-refractivity contribution >= 4 is 43.9 Å². The highest BCUT2D eigenvalue weighted by molar-refractivity contribution is 8.24. The van der Waals surface area contributed by atoms with Crippen LogP contribution in [0.15, 0.2) is 22.6 Å². The van der Waals surface area contributed by atoms with E-state index in [4.69, 9.17) is 4.74 Å². The number of benzene rings is 1. The number of hydrogen-bond donors (Lipinski definition) is 1. The van der Waals surface area contributed by atoms with Crippen molar-refractivity contribution in [2.45, 2.75) is 6.92 Å². The van der Waals surface area contributed by atoms with Crippen molar-refractivity contribution in [1.29, 1.82) is 0 Å². The average molecular weight is 340 g/mol. The van der Waals surface area contributed by atoms with Gasteiger partial charge in [0.05, 0.1) is 5.56 Å². The van der Waals surface area contributed by atoms with Crippen LogP contribution in [0.1, 0.15) is 16.1 Å². The fourth-order valence-electron chi connectivity index (χ4n) is 2.32. The smallest absolute Gasteiger partial charge is 0.338 e. The van der Waals surface area contributed by atoms with E-state index in [1.807, 2.05) is 0 Å². The van der Waals surface area contributed by atoms with Gasteiger partial charge in [0.2, 0.25) is 0 Å². The summed E-state index contributed by atoms with van der Waals surface area (Å²) in [5.41, 5.74) is 1.60. The molecule has 2 heterocycles. The summed E-state index contributed by atoms with van der Waals surface area (Å²) in [5, 5.41) is 9.80. The summed E-state index contributed by atoms with van der Waals surface area (Å²) in [6.45, 7) is 1.73. The summed E-state index contributed by atoms with van der Waals surface area (Å²) in [6.07, 6.45) is 0. The van der Waals surface area contributed by atoms with Gasteiger partial charge in [-0.2, -0.15) is 0 Å². The molecule has 0 saturated heterocycles. The molecule has 0 atom stereocenters. The zero-order valence-electron chi connectivity index (χ0n) is 11.7. The van der Waals surface area contributed by atoms with Gasteiger partial charge in [-0.15, -0.1) is 4.40 Å². The number of carboxylic acids is 1. The van der Waals surface area contributed by atoms with E-state index in [1.165, 1.54) is 0 Å². The monoisotopic (exact) mass is 340 g/mol. The maximum Gasteiger partial charge on any atom is 0.338 e. The van der Waals surface area contributed by atoms with Crippen LogP contribution in [0.5, 0.6) is 5.75 Å². The summed E-state index contributed by atoms with van der Waals surface area (Å²) in [5.74, 6) is -0.667. The van der Waals surface area contributed by atoms with E-state index < -0.39 is 16.0 Å². The average Bonchev–Trinajstić information content (AvgIpc) is 2.88. The predicted octanol–water partition coefficient (Wildman–Crippen LogP) is 1.95. The van der Waals surface area contributed by atoms with Crippen LogP contribution in [-0.4, -0.2) is 34.4 Å². The first-order valence-corrected chi connectivity index (χ1v) is 8.83. The predicted molar refractivity (Wildman–Crippen MR) is 84.1 cm³/mol. The molecule has 3 rings (SSSR count). The first-order chi connectivity index (χ1) is 10.3. The zero-order chi connectivity index (χ0) is 16.1. The van der Waals surface area contributed by atoms with Gasteiger partial charge >= 0.3 is 5.97 Å². The third-order valence-corrected chi connectivity index (χ3v) is 6.07. The van der Waals surface area contributed by atoms with Crippen LogP contribution in [0.4, 0.5) is 0 Å². The van der Waals surface area contributed by atoms with Gasteiger partial charge in [0.1, 0.15) is 10.8 Å². The number of aryl methyl sites for hydroxylation is 1. The van der Waals surface area contributed by atoms with Gasteiger partial charge in [0, 0.05) is 23.6 Å². The number of sulfonamides is 1. The highest BCUT2D eigenvalue weighted by atomic mass is 32.3. The second-order valence-corrected chi connectivity index (χ2v) is 7.73. The van der Waals surface area contributed by atoms with Gasteiger partial charge in [-0.25, -0.2) is 13.2 Å². The number of carbonyl (C=O) groups is 1. The van der Waals surface area contributed by atoms with Crippen molar-refractivity contribution in [2.24, 2.45) is 11.4 Å². The van der Waals surface area contributed by atoms with Crippen LogP contribution in [0.25, 0.3) is 10.9 Å². The lowest BCUT2D eigenvalue weighted by Gasteiger charge is -2.04. The molecule has 2 aromatic rings. The van der Waals surface area contributed by atoms with Crippen molar-refractivity contribution in [1.82, 2.24) is 4.57 Å². The molecule has 0 radical (unpaired) electrons. The van der Waals surface area contributed by atoms with Crippen molar-refractivity contribution in [2.75, 3.05) is 5.08 Å². The Balaban J connectivity index is 2.07. The Hall–Kier alpha value is -2.00. The van der Waals surface area contributed by atoms with Gasteiger partial charge in [-0.05, 0) is 36.9 Å². The number of rotatable bonds is 2. The summed E-state index contributed by atoms with van der Waals surface area (Å²) < 4.78 is 33.2. The Morgan fingerprint density at radius 2 is 2.18 bits per heavy atom. The van der Waals surface area contributed by atoms with Crippen LogP contribution in [0.3, 0.4) is 0 Å². The van der Waals surface area contributed by atoms with Crippen molar-refractivity contribution in [3.63, 3.8) is 0 Å². The lowest BCUT2D eigenvalue weighted by Crippen LogP contribution is -2.01. The number of hydrogen-bond acceptors (Lipinski definition) is 5. The molecule has 0 saturated carbocycles. The molecular weight excluding hydrogens is 328 g/mol. The molecule has 9 heteroatoms. The summed E-state index contributed by atoms with van der Waals surface area (Å²) >= 11 is 0.987. The lowest BCUT2D eigenvalue weighted by molar-refractivity contribution is 0.0698. The molecule has 0 aliphatic carbocycles. The Labute approximate surface area is 130 Å². The molecule has 1 aromatic heterocycles. The number of ether oxygens (including phenoxy) is 1. The largest absolute Gasteiger partial charge is 0.478 e. The molecule has 0 spiro atoms. The number of aromatic carboxylic acids is 1. The van der Waals surface area contributed by atoms with Gasteiger partial charge in [0.25, 0.3) is 15.3 Å². The minimum absolute atomic E-state index is 0.0453. The van der Waals surface area contributed by atoms with Gasteiger partial charge in [-0.1, -0.05) is 0 Å². The molecule has 0 amide bonds. The molecule has 7 nitrogen and oxygen atoms in total. The summed E-state index contributed by atoms with van der Waals surface area (Å²) in [7, 11) is -1.67. The zero-order valence-corrected chi connectivity index (χ0v) is 13.4. The highest BCUT2D eigenvalue weighted by Gasteiger charge is 2.24. The number of aromatic nitrogens is 1. The number of carboxylic acid groups (broad SMARTS) is 1. The first kappa shape index (κ1) is 14.9. The maximum atomic E-state index is 11.4. The van der Waals surface area contributed by atoms with Gasteiger partial charge in [0.15, 0.2) is 0 Å². The van der Waals surface area contributed by atoms with Crippen molar-refractivity contribution in [3.8, 4) is 5.75 Å². The van der Waals surface area contributed by atoms with E-state index in [0.29, 0.717) is 16.8 Å². The Bertz CT molecular complexity index is 928. The molecule has 0 fully saturated rings. The Morgan fingerprint density at radius 1 is 1.45 bits per heavy atom. The quantitative estimate of drug-likeness (QED) is 0.897. The normalized spacial score (nSPS) is 16.7. The Kier molecular flexibility index (Phi) is 3.41. The van der Waals surface area contributed by atoms with Gasteiger partial charge < -0.3 is 14.4 Å². The Morgan fingerprint density at radius 3 is 2.77 bits per heavy atom. The minimum atomic E-state index is -3.45. The fourth-order valence-corrected chi connectivity index (χ4v) is 4.51. The van der Waals surface area contributed by atoms with Crippen LogP contribution < -0.4 is 4.74 Å². The van der Waals surface area contributed by atoms with E-state index in [0.717, 1.165) is 17.3 Å². The second kappa shape index (κ2) is 5.03. The number of thioether (sulfide) groups is 1. The lowest BCUT2D eigenvalue weighted by atomic mass is 10.1. The van der Waals surface area contributed by atoms with Gasteiger partial charge in [-0.3, -0.25) is 0 Å². The molecule has 0 unspecified atom stereocenters. The van der Waals surface area contributed by atoms with E-state index >= 15 is 0 Å². The topological polar surface area (TPSA) is 98.0 Å². The van der Waals surface area contributed by atoms with E-state index in [-0.39, 0.29) is 15.9 Å². The van der Waals surface area contributed by atoms with Crippen LogP contribution in [0.2, 0.25) is 0 Å². The molecule has 1 aliphatic heterocycles. The second-order valence-electron chi connectivity index (χ2n) is 4.81. The van der Waals surface area contributed by atoms with E-state index in [2.05, 4.69) is 4.40 Å². The summed E-state index contributed by atoms with van der Waals surface area (Å²) in [4.78, 5) is 11.4. The SMILES string of the molecule is Cc1c(C(=O)O)c2cc(OC3=NS(=O)(=O)CS3)ccc2n1C. The van der Waals surface area contributed by atoms with Crippen LogP contribution in [0, 0.1) is 6.92 Å². The van der Waals surface area contributed by atoms with E-state index in [9.17, 15) is 18.3 Å². The summed E-state index contributed by atoms with van der Waals surface area (Å²) in [6, 6.07) is 4.97. The standard InChI is InChI=1S/C13H12N2O5S2/c1-7-11(12(16)17)9-5-8(3-4-10(9)15(7)2)20-13-14-22(18,19)6-21-13/h3-5H,6H2,1-2H3,(H,16,17). The molecule has 0 bridgehead atoms. The molecule has 1 aromatic carbocycles. The van der Waals surface area contributed by atoms with Crippen molar-refractivity contribution < 1.29 is 23.1 Å². The molecule has 1 aliphatic rings. The molecule has 22 heavy (non-hydrogen) atoms. The van der Waals surface area contributed by atoms with Crippen molar-refractivity contribution in [3.05, 3.63) is 29.5 Å². The first-order valence-electron chi connectivity index (χ1n) is 6.24. The van der Waals surface area contributed by atoms with Crippen LogP contribution in [-0.2, 0) is 17.1 Å². The number of fused-ring (bicyclic) bond motifs is 1. The fraction of sp³-hybridized carbons (Fsp3) is 0.231. The van der Waals surface area contributed by atoms with Crippen LogP contribution >= 0.6 is 11.8 Å². The third-order valence-electron chi connectivity index (χ3n) is 3.43. The van der Waals surface area contributed by atoms with E-state index in [1.54, 1.807) is 36.7 Å². The highest BCUT2D eigenvalue weighted by Crippen LogP contribution is 2.30.